The minimum absolute atomic E-state index is 0.106. The van der Waals surface area contributed by atoms with Gasteiger partial charge in [0, 0.05) is 37.5 Å². The maximum Gasteiger partial charge on any atom is 0.316 e. The third-order valence-corrected chi connectivity index (χ3v) is 13.4. The van der Waals surface area contributed by atoms with Gasteiger partial charge < -0.3 is 86.4 Å². The summed E-state index contributed by atoms with van der Waals surface area (Å²) in [4.78, 5) is 25.9. The Morgan fingerprint density at radius 1 is 0.718 bits per heavy atom. The van der Waals surface area contributed by atoms with Crippen molar-refractivity contribution in [2.45, 2.75) is 201 Å². The first-order chi connectivity index (χ1) is 33.6. The van der Waals surface area contributed by atoms with Crippen LogP contribution in [0.5, 0.6) is 0 Å². The molecule has 2 bridgehead atoms. The topological polar surface area (TPSA) is 347 Å². The number of nitriles is 1. The van der Waals surface area contributed by atoms with E-state index in [9.17, 15) is 65.9 Å². The number of allylic oxidation sites excluding steroid dienone is 12. The van der Waals surface area contributed by atoms with Gasteiger partial charge in [-0.3, -0.25) is 4.79 Å². The van der Waals surface area contributed by atoms with Crippen molar-refractivity contribution in [3.8, 4) is 6.07 Å². The lowest BCUT2D eigenvalue weighted by molar-refractivity contribution is -0.303. The van der Waals surface area contributed by atoms with E-state index in [4.69, 9.17) is 24.7 Å². The Kier molecular flexibility index (Phi) is 23.7. The number of nitrogens with two attached hydrogens (primary N) is 1. The highest BCUT2D eigenvalue weighted by molar-refractivity contribution is 5.76. The van der Waals surface area contributed by atoms with Crippen molar-refractivity contribution in [3.05, 3.63) is 85.1 Å². The molecule has 3 aliphatic heterocycles. The molecule has 1 saturated carbocycles. The number of cyclic esters (lactones) is 1. The molecule has 0 spiro atoms. The van der Waals surface area contributed by atoms with Gasteiger partial charge in [-0.15, -0.1) is 0 Å². The zero-order valence-electron chi connectivity index (χ0n) is 41.0. The van der Waals surface area contributed by atoms with Gasteiger partial charge in [0.2, 0.25) is 0 Å². The van der Waals surface area contributed by atoms with Crippen LogP contribution >= 0.6 is 0 Å². The smallest absolute Gasteiger partial charge is 0.316 e. The van der Waals surface area contributed by atoms with Crippen molar-refractivity contribution < 1.29 is 79.6 Å². The van der Waals surface area contributed by atoms with Crippen LogP contribution in [0, 0.1) is 23.2 Å². The number of hydrogen-bond donors (Lipinski definition) is 13. The largest absolute Gasteiger partial charge is 0.462 e. The molecule has 3 heterocycles. The average molecular weight is 1000 g/mol. The monoisotopic (exact) mass is 1000 g/mol. The normalized spacial score (nSPS) is 43.9. The first-order valence-electron chi connectivity index (χ1n) is 24.5. The van der Waals surface area contributed by atoms with Crippen LogP contribution in [-0.4, -0.2) is 172 Å². The Bertz CT molecular complexity index is 1930. The van der Waals surface area contributed by atoms with Crippen molar-refractivity contribution >= 4 is 12.0 Å². The van der Waals surface area contributed by atoms with E-state index in [2.05, 4.69) is 16.7 Å². The number of esters is 1. The summed E-state index contributed by atoms with van der Waals surface area (Å²) in [5.41, 5.74) is 5.02. The van der Waals surface area contributed by atoms with Gasteiger partial charge >= 0.3 is 12.0 Å². The van der Waals surface area contributed by atoms with Gasteiger partial charge in [0.25, 0.3) is 0 Å². The number of carbonyl (C=O) groups is 2. The van der Waals surface area contributed by atoms with Crippen LogP contribution in [0.1, 0.15) is 91.9 Å². The number of amides is 2. The molecule has 2 saturated heterocycles. The standard InChI is InChI=1S/C51H78N4O16/c1-30-17-15-13-11-9-7-5-6-8-10-12-14-16-18-37(70-48-47(65)43(53)46(64)33(4)69-48)26-41-44(54-49(66)55-50(29-52)21-22-50)40(61)28-51(67,71-41)27-36(58)24-39(60)38(59)20-19-34(56)23-35(57)25-42(62)68-32(3)31(2)45(30)63/h5-18,30-41,43-48,56-61,63-65,67H,19-28,53H2,1-4H3,(H2,54,55,66)/b6-5+,9-7+,10-8+,13-11+,14-12+,17-15+,18-16+/t30-,31-,32-,33+,34+,35+,36-,37-,38+,39+,40-,41-,43-,44+,45+,46+,47-,48-,51+/m0/s1. The van der Waals surface area contributed by atoms with Gasteiger partial charge in [-0.1, -0.05) is 98.9 Å². The number of nitrogens with one attached hydrogen (secondary N) is 2. The van der Waals surface area contributed by atoms with Crippen LogP contribution < -0.4 is 16.4 Å². The van der Waals surface area contributed by atoms with E-state index in [0.717, 1.165) is 0 Å². The maximum atomic E-state index is 13.3. The van der Waals surface area contributed by atoms with E-state index in [0.29, 0.717) is 12.8 Å². The number of urea groups is 1. The molecule has 0 radical (unpaired) electrons. The van der Waals surface area contributed by atoms with Gasteiger partial charge in [-0.25, -0.2) is 4.79 Å². The summed E-state index contributed by atoms with van der Waals surface area (Å²) >= 11 is 0. The van der Waals surface area contributed by atoms with Crippen LogP contribution in [0.2, 0.25) is 0 Å². The molecule has 3 fully saturated rings. The fraction of sp³-hybridized carbons (Fsp3) is 0.667. The summed E-state index contributed by atoms with van der Waals surface area (Å²) in [5.74, 6) is -3.76. The number of aliphatic hydroxyl groups is 10. The predicted molar refractivity (Wildman–Crippen MR) is 259 cm³/mol. The van der Waals surface area contributed by atoms with Gasteiger partial charge in [-0.05, 0) is 46.0 Å². The van der Waals surface area contributed by atoms with Gasteiger partial charge in [0.1, 0.15) is 17.7 Å². The second-order valence-corrected chi connectivity index (χ2v) is 19.5. The van der Waals surface area contributed by atoms with E-state index in [-0.39, 0.29) is 31.6 Å². The summed E-state index contributed by atoms with van der Waals surface area (Å²) < 4.78 is 23.7. The molecule has 0 aromatic carbocycles. The molecule has 0 unspecified atom stereocenters. The molecule has 19 atom stereocenters. The number of ether oxygens (including phenoxy) is 4. The number of rotatable bonds is 4. The molecule has 4 aliphatic rings. The Morgan fingerprint density at radius 3 is 1.90 bits per heavy atom. The fourth-order valence-corrected chi connectivity index (χ4v) is 8.63. The molecular weight excluding hydrogens is 925 g/mol. The highest BCUT2D eigenvalue weighted by Gasteiger charge is 2.50. The Morgan fingerprint density at radius 2 is 1.31 bits per heavy atom. The lowest BCUT2D eigenvalue weighted by Crippen LogP contribution is -2.64. The Labute approximate surface area is 416 Å². The van der Waals surface area contributed by atoms with E-state index in [1.54, 1.807) is 75.5 Å². The first-order valence-corrected chi connectivity index (χ1v) is 24.5. The summed E-state index contributed by atoms with van der Waals surface area (Å²) in [7, 11) is 0. The van der Waals surface area contributed by atoms with Crippen molar-refractivity contribution in [1.82, 2.24) is 10.6 Å². The van der Waals surface area contributed by atoms with Crippen molar-refractivity contribution in [1.29, 1.82) is 5.26 Å². The predicted octanol–water partition coefficient (Wildman–Crippen LogP) is 0.735. The summed E-state index contributed by atoms with van der Waals surface area (Å²) in [6.07, 6.45) is 5.16. The van der Waals surface area contributed by atoms with Crippen LogP contribution in [0.3, 0.4) is 0 Å². The number of fused-ring (bicyclic) bond motifs is 2. The average Bonchev–Trinajstić information content (AvgIpc) is 4.08. The molecule has 2 amide bonds. The molecule has 20 heteroatoms. The van der Waals surface area contributed by atoms with Gasteiger partial charge in [-0.2, -0.15) is 5.26 Å². The van der Waals surface area contributed by atoms with Crippen LogP contribution in [-0.2, 0) is 23.7 Å². The third kappa shape index (κ3) is 19.3. The van der Waals surface area contributed by atoms with Crippen LogP contribution in [0.15, 0.2) is 85.1 Å². The maximum absolute atomic E-state index is 13.3. The van der Waals surface area contributed by atoms with Crippen LogP contribution in [0.4, 0.5) is 4.79 Å². The molecule has 14 N–H and O–H groups in total. The molecule has 4 rings (SSSR count). The van der Waals surface area contributed by atoms with E-state index in [1.165, 1.54) is 0 Å². The Balaban J connectivity index is 1.59. The van der Waals surface area contributed by atoms with Crippen molar-refractivity contribution in [3.63, 3.8) is 0 Å². The minimum Gasteiger partial charge on any atom is -0.462 e. The van der Waals surface area contributed by atoms with E-state index in [1.807, 2.05) is 37.3 Å². The molecular formula is C51H78N4O16. The summed E-state index contributed by atoms with van der Waals surface area (Å²) in [5, 5.41) is 125. The third-order valence-electron chi connectivity index (χ3n) is 13.4. The number of aliphatic hydroxyl groups excluding tert-OH is 9. The Hall–Kier alpha value is -4.15. The fourth-order valence-electron chi connectivity index (χ4n) is 8.63. The second-order valence-electron chi connectivity index (χ2n) is 19.5. The van der Waals surface area contributed by atoms with Crippen molar-refractivity contribution in [2.24, 2.45) is 17.6 Å². The van der Waals surface area contributed by atoms with Crippen molar-refractivity contribution in [2.75, 3.05) is 0 Å². The van der Waals surface area contributed by atoms with Gasteiger partial charge in [0.05, 0.1) is 91.7 Å². The van der Waals surface area contributed by atoms with E-state index >= 15 is 0 Å². The molecule has 0 aromatic heterocycles. The van der Waals surface area contributed by atoms with Gasteiger partial charge in [0.15, 0.2) is 12.1 Å². The molecule has 0 aromatic rings. The highest BCUT2D eigenvalue weighted by atomic mass is 16.7. The number of hydrogen-bond acceptors (Lipinski definition) is 18. The minimum atomic E-state index is -2.29. The van der Waals surface area contributed by atoms with E-state index < -0.39 is 153 Å². The second kappa shape index (κ2) is 28.3. The zero-order chi connectivity index (χ0) is 52.5. The lowest BCUT2D eigenvalue weighted by Gasteiger charge is -2.46. The SMILES string of the molecule is C[C@@H]1[C@H](O)[C@@H](C)/C=C/C=C/C=C/C=C/C=C/C=C/C=C/[C@H](O[C@@H]2O[C@H](C)[C@@H](O)[C@H](N)[C@@H]2O)C[C@@H]2O[C@](O)(C[C@@H](O)C[C@@H](O)[C@H](O)CC[C@@H](O)C[C@@H](O)CC(=O)O[C@H]1C)C[C@H](O)[C@H]2NC(=O)NC1(C#N)CC1. The summed E-state index contributed by atoms with van der Waals surface area (Å²) in [6, 6.07) is -1.13. The molecule has 1 aliphatic carbocycles. The summed E-state index contributed by atoms with van der Waals surface area (Å²) in [6.45, 7) is 6.77. The molecule has 398 valence electrons. The zero-order valence-corrected chi connectivity index (χ0v) is 41.0. The molecule has 71 heavy (non-hydrogen) atoms. The lowest BCUT2D eigenvalue weighted by atomic mass is 9.87. The highest BCUT2D eigenvalue weighted by Crippen LogP contribution is 2.37. The first kappa shape index (κ1) is 59.4. The quantitative estimate of drug-likeness (QED) is 0.173. The number of carbonyl (C=O) groups excluding carboxylic acids is 2. The van der Waals surface area contributed by atoms with Crippen LogP contribution in [0.25, 0.3) is 0 Å². The molecule has 20 nitrogen and oxygen atoms in total. The number of nitrogens with zero attached hydrogens (tertiary/aromatic N) is 1.